The molecule has 0 aromatic rings. The second kappa shape index (κ2) is 3.85. The molecule has 4 heteroatoms. The van der Waals surface area contributed by atoms with E-state index in [9.17, 15) is 9.59 Å². The van der Waals surface area contributed by atoms with E-state index in [1.54, 1.807) is 6.92 Å². The van der Waals surface area contributed by atoms with Gasteiger partial charge in [-0.25, -0.2) is 0 Å². The fourth-order valence-electron chi connectivity index (χ4n) is 0.746. The first-order valence-corrected chi connectivity index (χ1v) is 4.13. The standard InChI is InChI=1S/C7H11BrO3/c1-3-7(8,6(10)11)4-5(2)9/h3-4H2,1-2H3,(H,10,11). The summed E-state index contributed by atoms with van der Waals surface area (Å²) in [6, 6.07) is 0. The van der Waals surface area contributed by atoms with E-state index in [0.717, 1.165) is 0 Å². The Morgan fingerprint density at radius 1 is 1.55 bits per heavy atom. The summed E-state index contributed by atoms with van der Waals surface area (Å²) in [4.78, 5) is 21.2. The third kappa shape index (κ3) is 3.01. The lowest BCUT2D eigenvalue weighted by Gasteiger charge is -2.18. The third-order valence-corrected chi connectivity index (χ3v) is 2.65. The highest BCUT2D eigenvalue weighted by atomic mass is 79.9. The van der Waals surface area contributed by atoms with E-state index in [1.165, 1.54) is 6.92 Å². The van der Waals surface area contributed by atoms with E-state index < -0.39 is 10.3 Å². The molecule has 0 heterocycles. The molecule has 0 saturated carbocycles. The Hall–Kier alpha value is -0.380. The van der Waals surface area contributed by atoms with E-state index in [2.05, 4.69) is 15.9 Å². The fraction of sp³-hybridized carbons (Fsp3) is 0.714. The minimum absolute atomic E-state index is 0.0405. The van der Waals surface area contributed by atoms with Crippen LogP contribution < -0.4 is 0 Å². The normalized spacial score (nSPS) is 15.5. The molecule has 0 aliphatic heterocycles. The summed E-state index contributed by atoms with van der Waals surface area (Å²) in [5.74, 6) is -1.10. The molecule has 0 aliphatic carbocycles. The second-order valence-corrected chi connectivity index (χ2v) is 4.02. The average Bonchev–Trinajstić information content (AvgIpc) is 1.86. The van der Waals surface area contributed by atoms with E-state index in [1.807, 2.05) is 0 Å². The number of rotatable bonds is 4. The van der Waals surface area contributed by atoms with Crippen LogP contribution in [0.2, 0.25) is 0 Å². The van der Waals surface area contributed by atoms with Crippen molar-refractivity contribution in [3.63, 3.8) is 0 Å². The van der Waals surface area contributed by atoms with E-state index in [0.29, 0.717) is 6.42 Å². The zero-order valence-corrected chi connectivity index (χ0v) is 8.14. The first-order valence-electron chi connectivity index (χ1n) is 3.34. The van der Waals surface area contributed by atoms with Crippen molar-refractivity contribution in [1.82, 2.24) is 0 Å². The van der Waals surface area contributed by atoms with Gasteiger partial charge in [0.2, 0.25) is 0 Å². The lowest BCUT2D eigenvalue weighted by molar-refractivity contribution is -0.141. The Kier molecular flexibility index (Phi) is 3.72. The van der Waals surface area contributed by atoms with Crippen molar-refractivity contribution in [2.45, 2.75) is 31.0 Å². The zero-order chi connectivity index (χ0) is 9.07. The number of carboxylic acid groups (broad SMARTS) is 1. The summed E-state index contributed by atoms with van der Waals surface area (Å²) in [6.07, 6.45) is 0.445. The van der Waals surface area contributed by atoms with Crippen LogP contribution in [0.5, 0.6) is 0 Å². The summed E-state index contributed by atoms with van der Waals surface area (Å²) in [5.41, 5.74) is 0. The zero-order valence-electron chi connectivity index (χ0n) is 6.56. The van der Waals surface area contributed by atoms with Gasteiger partial charge in [0.05, 0.1) is 0 Å². The van der Waals surface area contributed by atoms with Gasteiger partial charge in [-0.3, -0.25) is 9.59 Å². The Bertz CT molecular complexity index is 179. The van der Waals surface area contributed by atoms with Crippen LogP contribution in [0.4, 0.5) is 0 Å². The lowest BCUT2D eigenvalue weighted by atomic mass is 10.0. The number of ketones is 1. The van der Waals surface area contributed by atoms with Crippen LogP contribution in [0, 0.1) is 0 Å². The van der Waals surface area contributed by atoms with Crippen LogP contribution in [0.3, 0.4) is 0 Å². The fourth-order valence-corrected chi connectivity index (χ4v) is 1.14. The number of hydrogen-bond donors (Lipinski definition) is 1. The highest BCUT2D eigenvalue weighted by Gasteiger charge is 2.34. The number of hydrogen-bond acceptors (Lipinski definition) is 2. The molecular weight excluding hydrogens is 212 g/mol. The predicted octanol–water partition coefficient (Wildman–Crippen LogP) is 1.59. The van der Waals surface area contributed by atoms with Crippen molar-refractivity contribution in [3.8, 4) is 0 Å². The van der Waals surface area contributed by atoms with Crippen molar-refractivity contribution >= 4 is 27.7 Å². The second-order valence-electron chi connectivity index (χ2n) is 2.50. The molecular formula is C7H11BrO3. The van der Waals surface area contributed by atoms with Gasteiger partial charge in [0.25, 0.3) is 0 Å². The summed E-state index contributed by atoms with van der Waals surface area (Å²) in [7, 11) is 0. The van der Waals surface area contributed by atoms with Gasteiger partial charge in [-0.05, 0) is 13.3 Å². The molecule has 0 spiro atoms. The molecule has 1 N–H and O–H groups in total. The Labute approximate surface area is 73.9 Å². The molecule has 11 heavy (non-hydrogen) atoms. The monoisotopic (exact) mass is 222 g/mol. The molecule has 1 atom stereocenters. The third-order valence-electron chi connectivity index (χ3n) is 1.47. The Morgan fingerprint density at radius 3 is 2.09 bits per heavy atom. The van der Waals surface area contributed by atoms with Gasteiger partial charge < -0.3 is 5.11 Å². The summed E-state index contributed by atoms with van der Waals surface area (Å²) in [6.45, 7) is 3.11. The molecule has 3 nitrogen and oxygen atoms in total. The number of halogens is 1. The van der Waals surface area contributed by atoms with Crippen molar-refractivity contribution in [2.24, 2.45) is 0 Å². The topological polar surface area (TPSA) is 54.4 Å². The molecule has 0 aromatic heterocycles. The highest BCUT2D eigenvalue weighted by molar-refractivity contribution is 9.10. The number of carboxylic acids is 1. The first-order chi connectivity index (χ1) is 4.92. The highest BCUT2D eigenvalue weighted by Crippen LogP contribution is 2.26. The summed E-state index contributed by atoms with van der Waals surface area (Å²) in [5, 5.41) is 8.68. The number of alkyl halides is 1. The quantitative estimate of drug-likeness (QED) is 0.736. The minimum Gasteiger partial charge on any atom is -0.480 e. The van der Waals surface area contributed by atoms with Crippen molar-refractivity contribution in [3.05, 3.63) is 0 Å². The van der Waals surface area contributed by atoms with Gasteiger partial charge in [0.15, 0.2) is 0 Å². The van der Waals surface area contributed by atoms with Crippen molar-refractivity contribution < 1.29 is 14.7 Å². The van der Waals surface area contributed by atoms with E-state index in [-0.39, 0.29) is 12.2 Å². The van der Waals surface area contributed by atoms with Gasteiger partial charge >= 0.3 is 5.97 Å². The number of carbonyl (C=O) groups is 2. The van der Waals surface area contributed by atoms with Crippen LogP contribution >= 0.6 is 15.9 Å². The van der Waals surface area contributed by atoms with E-state index in [4.69, 9.17) is 5.11 Å². The van der Waals surface area contributed by atoms with Crippen molar-refractivity contribution in [2.75, 3.05) is 0 Å². The SMILES string of the molecule is CCC(Br)(CC(C)=O)C(=O)O. The number of carbonyl (C=O) groups excluding carboxylic acids is 1. The Balaban J connectivity index is 4.34. The smallest absolute Gasteiger partial charge is 0.320 e. The maximum absolute atomic E-state index is 10.6. The molecule has 0 fully saturated rings. The largest absolute Gasteiger partial charge is 0.480 e. The van der Waals surface area contributed by atoms with Gasteiger partial charge in [0.1, 0.15) is 10.1 Å². The lowest BCUT2D eigenvalue weighted by Crippen LogP contribution is -2.32. The van der Waals surface area contributed by atoms with Gasteiger partial charge in [-0.15, -0.1) is 0 Å². The molecule has 64 valence electrons. The molecule has 0 bridgehead atoms. The molecule has 0 radical (unpaired) electrons. The van der Waals surface area contributed by atoms with Crippen LogP contribution in [0.1, 0.15) is 26.7 Å². The van der Waals surface area contributed by atoms with E-state index >= 15 is 0 Å². The molecule has 0 aromatic carbocycles. The molecule has 0 amide bonds. The summed E-state index contributed by atoms with van der Waals surface area (Å²) < 4.78 is -1.06. The first kappa shape index (κ1) is 10.6. The van der Waals surface area contributed by atoms with Crippen LogP contribution in [-0.4, -0.2) is 21.2 Å². The number of Topliss-reactive ketones (excluding diaryl/α,β-unsaturated/α-hetero) is 1. The van der Waals surface area contributed by atoms with Crippen LogP contribution in [0.25, 0.3) is 0 Å². The van der Waals surface area contributed by atoms with Gasteiger partial charge in [0, 0.05) is 6.42 Å². The number of aliphatic carboxylic acids is 1. The maximum Gasteiger partial charge on any atom is 0.320 e. The Morgan fingerprint density at radius 2 is 2.00 bits per heavy atom. The van der Waals surface area contributed by atoms with Gasteiger partial charge in [-0.1, -0.05) is 22.9 Å². The van der Waals surface area contributed by atoms with Crippen LogP contribution in [-0.2, 0) is 9.59 Å². The average molecular weight is 223 g/mol. The molecule has 0 rings (SSSR count). The predicted molar refractivity (Wildman–Crippen MR) is 44.9 cm³/mol. The minimum atomic E-state index is -1.06. The molecule has 0 saturated heterocycles. The summed E-state index contributed by atoms with van der Waals surface area (Å²) >= 11 is 3.03. The molecule has 1 unspecified atom stereocenters. The van der Waals surface area contributed by atoms with Gasteiger partial charge in [-0.2, -0.15) is 0 Å². The van der Waals surface area contributed by atoms with Crippen LogP contribution in [0.15, 0.2) is 0 Å². The maximum atomic E-state index is 10.6. The molecule has 0 aliphatic rings. The van der Waals surface area contributed by atoms with Crippen molar-refractivity contribution in [1.29, 1.82) is 0 Å².